The predicted molar refractivity (Wildman–Crippen MR) is 150 cm³/mol. The van der Waals surface area contributed by atoms with Crippen molar-refractivity contribution in [2.75, 3.05) is 20.2 Å². The highest BCUT2D eigenvalue weighted by atomic mass is 35.5. The first-order valence-corrected chi connectivity index (χ1v) is 15.0. The molecule has 4 rings (SSSR count). The Bertz CT molecular complexity index is 1340. The third-order valence-electron chi connectivity index (χ3n) is 7.05. The number of nitrogens with zero attached hydrogens (tertiary/aromatic N) is 3. The lowest BCUT2D eigenvalue weighted by molar-refractivity contribution is -0.168. The van der Waals surface area contributed by atoms with Crippen molar-refractivity contribution in [3.8, 4) is 5.75 Å². The monoisotopic (exact) mass is 596 g/mol. The van der Waals surface area contributed by atoms with Gasteiger partial charge in [-0.2, -0.15) is 4.31 Å². The van der Waals surface area contributed by atoms with E-state index in [2.05, 4.69) is 5.32 Å². The van der Waals surface area contributed by atoms with E-state index < -0.39 is 28.3 Å². The Balaban J connectivity index is 1.86. The van der Waals surface area contributed by atoms with Crippen LogP contribution in [0.5, 0.6) is 5.75 Å². The highest BCUT2D eigenvalue weighted by Gasteiger charge is 2.54. The van der Waals surface area contributed by atoms with Gasteiger partial charge in [0.05, 0.1) is 13.7 Å². The number of carbonyl (C=O) groups excluding carboxylic acids is 2. The zero-order valence-corrected chi connectivity index (χ0v) is 24.9. The SMILES string of the molecule is COc1ccc(Cl)cc1S(=O)(=O)N1CC(NC(C)C)C(=O)N2C(Cc3ccc(Cl)cc3)C(=O)N(C(C)C)CC21. The van der Waals surface area contributed by atoms with Crippen molar-refractivity contribution in [2.45, 2.75) is 69.3 Å². The Morgan fingerprint density at radius 1 is 0.974 bits per heavy atom. The second-order valence-corrected chi connectivity index (χ2v) is 13.1. The first-order valence-electron chi connectivity index (χ1n) is 12.8. The lowest BCUT2D eigenvalue weighted by atomic mass is 9.96. The molecule has 2 heterocycles. The largest absolute Gasteiger partial charge is 0.495 e. The quantitative estimate of drug-likeness (QED) is 0.501. The maximum atomic E-state index is 14.3. The van der Waals surface area contributed by atoms with Crippen molar-refractivity contribution < 1.29 is 22.7 Å². The number of fused-ring (bicyclic) bond motifs is 1. The zero-order chi connectivity index (χ0) is 28.6. The number of methoxy groups -OCH3 is 1. The fourth-order valence-corrected chi connectivity index (χ4v) is 7.35. The molecule has 0 saturated carbocycles. The van der Waals surface area contributed by atoms with Gasteiger partial charge in [0, 0.05) is 35.1 Å². The van der Waals surface area contributed by atoms with E-state index in [1.54, 1.807) is 23.1 Å². The standard InChI is InChI=1S/C27H34Cl2N4O5S/c1-16(2)30-21-14-32(39(36,37)24-13-20(29)10-11-23(24)38-5)25-15-31(17(3)4)27(35)22(33(25)26(21)34)12-18-6-8-19(28)9-7-18/h6-11,13,16-17,21-22,25,30H,12,14-15H2,1-5H3. The summed E-state index contributed by atoms with van der Waals surface area (Å²) in [7, 11) is -2.84. The van der Waals surface area contributed by atoms with Crippen LogP contribution in [0.15, 0.2) is 47.4 Å². The summed E-state index contributed by atoms with van der Waals surface area (Å²) in [5.41, 5.74) is 0.805. The molecule has 2 aromatic rings. The van der Waals surface area contributed by atoms with E-state index in [4.69, 9.17) is 27.9 Å². The van der Waals surface area contributed by atoms with Crippen LogP contribution in [0.2, 0.25) is 10.0 Å². The number of carbonyl (C=O) groups is 2. The fourth-order valence-electron chi connectivity index (χ4n) is 5.22. The second kappa shape index (κ2) is 11.6. The second-order valence-electron chi connectivity index (χ2n) is 10.4. The molecule has 0 radical (unpaired) electrons. The first-order chi connectivity index (χ1) is 18.3. The number of sulfonamides is 1. The van der Waals surface area contributed by atoms with Crippen molar-refractivity contribution in [3.63, 3.8) is 0 Å². The van der Waals surface area contributed by atoms with E-state index >= 15 is 0 Å². The van der Waals surface area contributed by atoms with Crippen LogP contribution in [-0.2, 0) is 26.0 Å². The average molecular weight is 598 g/mol. The normalized spacial score (nSPS) is 22.5. The Hall–Kier alpha value is -2.37. The van der Waals surface area contributed by atoms with Gasteiger partial charge in [-0.15, -0.1) is 0 Å². The first kappa shape index (κ1) is 29.6. The van der Waals surface area contributed by atoms with Gasteiger partial charge in [-0.05, 0) is 49.7 Å². The number of hydrogen-bond acceptors (Lipinski definition) is 6. The summed E-state index contributed by atoms with van der Waals surface area (Å²) >= 11 is 12.3. The van der Waals surface area contributed by atoms with Gasteiger partial charge in [-0.3, -0.25) is 9.59 Å². The number of halogens is 2. The lowest BCUT2D eigenvalue weighted by Gasteiger charge is -2.54. The molecule has 0 aromatic heterocycles. The highest BCUT2D eigenvalue weighted by molar-refractivity contribution is 7.89. The van der Waals surface area contributed by atoms with Gasteiger partial charge >= 0.3 is 0 Å². The van der Waals surface area contributed by atoms with Gasteiger partial charge in [0.25, 0.3) is 0 Å². The number of nitrogens with one attached hydrogen (secondary N) is 1. The molecule has 1 N–H and O–H groups in total. The van der Waals surface area contributed by atoms with E-state index in [-0.39, 0.29) is 59.1 Å². The Labute approximate surface area is 240 Å². The molecule has 2 saturated heterocycles. The summed E-state index contributed by atoms with van der Waals surface area (Å²) in [6.45, 7) is 7.44. The highest BCUT2D eigenvalue weighted by Crippen LogP contribution is 2.36. The summed E-state index contributed by atoms with van der Waals surface area (Å²) in [5, 5.41) is 3.99. The van der Waals surface area contributed by atoms with Crippen LogP contribution in [0.4, 0.5) is 0 Å². The summed E-state index contributed by atoms with van der Waals surface area (Å²) in [4.78, 5) is 30.8. The van der Waals surface area contributed by atoms with Crippen LogP contribution in [0.3, 0.4) is 0 Å². The number of ether oxygens (including phenoxy) is 1. The van der Waals surface area contributed by atoms with Crippen LogP contribution < -0.4 is 10.1 Å². The minimum Gasteiger partial charge on any atom is -0.495 e. The summed E-state index contributed by atoms with van der Waals surface area (Å²) in [6, 6.07) is 9.39. The Kier molecular flexibility index (Phi) is 8.82. The van der Waals surface area contributed by atoms with Crippen LogP contribution in [-0.4, -0.2) is 84.9 Å². The lowest BCUT2D eigenvalue weighted by Crippen LogP contribution is -2.76. The van der Waals surface area contributed by atoms with Crippen molar-refractivity contribution in [2.24, 2.45) is 0 Å². The van der Waals surface area contributed by atoms with Gasteiger partial charge in [-0.1, -0.05) is 49.2 Å². The molecular weight excluding hydrogens is 563 g/mol. The molecule has 2 aliphatic heterocycles. The molecule has 12 heteroatoms. The predicted octanol–water partition coefficient (Wildman–Crippen LogP) is 3.39. The minimum atomic E-state index is -4.22. The van der Waals surface area contributed by atoms with Crippen LogP contribution in [0.25, 0.3) is 0 Å². The molecule has 39 heavy (non-hydrogen) atoms. The number of benzene rings is 2. The number of amides is 2. The molecule has 3 atom stereocenters. The molecule has 0 spiro atoms. The number of hydrogen-bond donors (Lipinski definition) is 1. The molecule has 2 aromatic carbocycles. The molecule has 3 unspecified atom stereocenters. The summed E-state index contributed by atoms with van der Waals surface area (Å²) in [5.74, 6) is -0.400. The minimum absolute atomic E-state index is 0.0376. The maximum absolute atomic E-state index is 14.3. The molecular formula is C27H34Cl2N4O5S. The fraction of sp³-hybridized carbons (Fsp3) is 0.481. The van der Waals surface area contributed by atoms with E-state index in [0.29, 0.717) is 5.02 Å². The summed E-state index contributed by atoms with van der Waals surface area (Å²) < 4.78 is 35.2. The van der Waals surface area contributed by atoms with Crippen molar-refractivity contribution >= 4 is 45.0 Å². The van der Waals surface area contributed by atoms with Gasteiger partial charge in [0.15, 0.2) is 0 Å². The average Bonchev–Trinajstić information content (AvgIpc) is 2.87. The number of rotatable bonds is 8. The smallest absolute Gasteiger partial charge is 0.248 e. The number of piperazine rings is 1. The summed E-state index contributed by atoms with van der Waals surface area (Å²) in [6.07, 6.45) is -0.710. The van der Waals surface area contributed by atoms with Gasteiger partial charge in [0.1, 0.15) is 28.9 Å². The van der Waals surface area contributed by atoms with Crippen molar-refractivity contribution in [1.29, 1.82) is 0 Å². The third-order valence-corrected chi connectivity index (χ3v) is 9.42. The van der Waals surface area contributed by atoms with Gasteiger partial charge < -0.3 is 19.9 Å². The van der Waals surface area contributed by atoms with E-state index in [9.17, 15) is 18.0 Å². The molecule has 2 fully saturated rings. The molecule has 2 amide bonds. The topological polar surface area (TPSA) is 99.3 Å². The van der Waals surface area contributed by atoms with Gasteiger partial charge in [-0.25, -0.2) is 8.42 Å². The zero-order valence-electron chi connectivity index (χ0n) is 22.6. The molecule has 0 aliphatic carbocycles. The van der Waals surface area contributed by atoms with Crippen molar-refractivity contribution in [3.05, 3.63) is 58.1 Å². The Morgan fingerprint density at radius 2 is 1.62 bits per heavy atom. The van der Waals surface area contributed by atoms with E-state index in [1.807, 2.05) is 39.8 Å². The van der Waals surface area contributed by atoms with E-state index in [0.717, 1.165) is 5.56 Å². The molecule has 2 aliphatic rings. The van der Waals surface area contributed by atoms with Crippen molar-refractivity contribution in [1.82, 2.24) is 19.4 Å². The molecule has 9 nitrogen and oxygen atoms in total. The maximum Gasteiger partial charge on any atom is 0.248 e. The Morgan fingerprint density at radius 3 is 2.21 bits per heavy atom. The third kappa shape index (κ3) is 5.90. The van der Waals surface area contributed by atoms with Crippen LogP contribution in [0, 0.1) is 0 Å². The molecule has 0 bridgehead atoms. The van der Waals surface area contributed by atoms with Crippen LogP contribution in [0.1, 0.15) is 33.3 Å². The molecule has 212 valence electrons. The van der Waals surface area contributed by atoms with E-state index in [1.165, 1.54) is 28.4 Å². The van der Waals surface area contributed by atoms with Crippen LogP contribution >= 0.6 is 23.2 Å². The van der Waals surface area contributed by atoms with Gasteiger partial charge in [0.2, 0.25) is 21.8 Å².